The van der Waals surface area contributed by atoms with E-state index in [2.05, 4.69) is 40.5 Å². The van der Waals surface area contributed by atoms with Gasteiger partial charge in [-0.25, -0.2) is 0 Å². The van der Waals surface area contributed by atoms with Crippen molar-refractivity contribution in [1.29, 1.82) is 0 Å². The van der Waals surface area contributed by atoms with E-state index in [4.69, 9.17) is 0 Å². The molecule has 116 valence electrons. The average Bonchev–Trinajstić information content (AvgIpc) is 2.78. The Hall–Kier alpha value is -1.00. The lowest BCUT2D eigenvalue weighted by Gasteiger charge is -2.31. The number of benzene rings is 1. The number of carbonyl (C=O) groups excluding carboxylic acids is 1. The van der Waals surface area contributed by atoms with E-state index in [1.54, 1.807) is 11.8 Å². The number of thioether (sulfide) groups is 1. The first-order valence-corrected chi connectivity index (χ1v) is 9.25. The highest BCUT2D eigenvalue weighted by atomic mass is 32.2. The molecular weight excluding hydrogens is 280 g/mol. The Labute approximate surface area is 132 Å². The molecule has 1 atom stereocenters. The molecule has 1 heterocycles. The second-order valence-corrected chi connectivity index (χ2v) is 6.48. The van der Waals surface area contributed by atoms with Gasteiger partial charge in [-0.15, -0.1) is 0 Å². The third-order valence-electron chi connectivity index (χ3n) is 4.03. The Balaban J connectivity index is 2.04. The second-order valence-electron chi connectivity index (χ2n) is 5.61. The lowest BCUT2D eigenvalue weighted by Crippen LogP contribution is -2.39. The fourth-order valence-electron chi connectivity index (χ4n) is 2.93. The van der Waals surface area contributed by atoms with Crippen LogP contribution in [-0.4, -0.2) is 42.4 Å². The van der Waals surface area contributed by atoms with E-state index >= 15 is 0 Å². The maximum Gasteiger partial charge on any atom is 0.230 e. The Morgan fingerprint density at radius 2 is 1.86 bits per heavy atom. The van der Waals surface area contributed by atoms with Gasteiger partial charge in [0.2, 0.25) is 5.91 Å². The zero-order valence-electron chi connectivity index (χ0n) is 12.9. The van der Waals surface area contributed by atoms with Gasteiger partial charge in [0.25, 0.3) is 0 Å². The quantitative estimate of drug-likeness (QED) is 0.876. The Bertz CT molecular complexity index is 416. The van der Waals surface area contributed by atoms with E-state index in [9.17, 15) is 4.79 Å². The first-order chi connectivity index (χ1) is 10.3. The summed E-state index contributed by atoms with van der Waals surface area (Å²) in [6.07, 6.45) is 7.15. The SMILES string of the molecule is CSCC(=O)NC[C@H](c1ccccc1)N1CCCCCC1. The van der Waals surface area contributed by atoms with Gasteiger partial charge in [0.1, 0.15) is 0 Å². The highest BCUT2D eigenvalue weighted by molar-refractivity contribution is 7.99. The number of nitrogens with zero attached hydrogens (tertiary/aromatic N) is 1. The van der Waals surface area contributed by atoms with Crippen molar-refractivity contribution < 1.29 is 4.79 Å². The van der Waals surface area contributed by atoms with Crippen molar-refractivity contribution in [3.63, 3.8) is 0 Å². The van der Waals surface area contributed by atoms with Crippen LogP contribution in [0.5, 0.6) is 0 Å². The molecule has 0 aliphatic carbocycles. The summed E-state index contributed by atoms with van der Waals surface area (Å²) in [4.78, 5) is 14.3. The molecule has 2 rings (SSSR count). The third kappa shape index (κ3) is 5.36. The fourth-order valence-corrected chi connectivity index (χ4v) is 3.30. The Kier molecular flexibility index (Phi) is 7.10. The monoisotopic (exact) mass is 306 g/mol. The molecule has 0 radical (unpaired) electrons. The molecule has 21 heavy (non-hydrogen) atoms. The number of rotatable bonds is 6. The van der Waals surface area contributed by atoms with Crippen molar-refractivity contribution in [2.24, 2.45) is 0 Å². The van der Waals surface area contributed by atoms with Gasteiger partial charge in [-0.1, -0.05) is 43.2 Å². The summed E-state index contributed by atoms with van der Waals surface area (Å²) in [5.41, 5.74) is 1.31. The molecule has 1 aromatic rings. The van der Waals surface area contributed by atoms with Crippen molar-refractivity contribution >= 4 is 17.7 Å². The molecule has 1 aliphatic rings. The smallest absolute Gasteiger partial charge is 0.230 e. The van der Waals surface area contributed by atoms with E-state index < -0.39 is 0 Å². The molecule has 1 aliphatic heterocycles. The topological polar surface area (TPSA) is 32.3 Å². The number of carbonyl (C=O) groups is 1. The molecule has 0 unspecified atom stereocenters. The lowest BCUT2D eigenvalue weighted by molar-refractivity contribution is -0.118. The predicted octanol–water partition coefficient (Wildman–Crippen LogP) is 3.08. The van der Waals surface area contributed by atoms with Crippen molar-refractivity contribution in [3.8, 4) is 0 Å². The van der Waals surface area contributed by atoms with Crippen molar-refractivity contribution in [2.45, 2.75) is 31.7 Å². The molecule has 0 bridgehead atoms. The highest BCUT2D eigenvalue weighted by Gasteiger charge is 2.21. The molecule has 1 fully saturated rings. The van der Waals surface area contributed by atoms with E-state index in [0.717, 1.165) is 13.1 Å². The summed E-state index contributed by atoms with van der Waals surface area (Å²) in [6.45, 7) is 2.99. The van der Waals surface area contributed by atoms with E-state index in [-0.39, 0.29) is 5.91 Å². The van der Waals surface area contributed by atoms with Gasteiger partial charge in [-0.05, 0) is 37.8 Å². The molecule has 0 saturated carbocycles. The molecule has 1 saturated heterocycles. The maximum absolute atomic E-state index is 11.8. The molecular formula is C17H26N2OS. The van der Waals surface area contributed by atoms with Gasteiger partial charge < -0.3 is 5.32 Å². The first-order valence-electron chi connectivity index (χ1n) is 7.86. The summed E-state index contributed by atoms with van der Waals surface area (Å²) in [6, 6.07) is 10.9. The molecule has 0 aromatic heterocycles. The van der Waals surface area contributed by atoms with Crippen LogP contribution in [0.3, 0.4) is 0 Å². The van der Waals surface area contributed by atoms with Gasteiger partial charge in [0.05, 0.1) is 11.8 Å². The van der Waals surface area contributed by atoms with Crippen molar-refractivity contribution in [3.05, 3.63) is 35.9 Å². The van der Waals surface area contributed by atoms with E-state index in [1.165, 1.54) is 31.2 Å². The van der Waals surface area contributed by atoms with E-state index in [0.29, 0.717) is 18.3 Å². The third-order valence-corrected chi connectivity index (χ3v) is 4.58. The Morgan fingerprint density at radius 1 is 1.19 bits per heavy atom. The number of nitrogens with one attached hydrogen (secondary N) is 1. The zero-order chi connectivity index (χ0) is 14.9. The lowest BCUT2D eigenvalue weighted by atomic mass is 10.0. The van der Waals surface area contributed by atoms with Crippen LogP contribution in [0.2, 0.25) is 0 Å². The largest absolute Gasteiger partial charge is 0.353 e. The summed E-state index contributed by atoms with van der Waals surface area (Å²) in [5.74, 6) is 0.680. The minimum absolute atomic E-state index is 0.137. The number of hydrogen-bond acceptors (Lipinski definition) is 3. The van der Waals surface area contributed by atoms with Gasteiger partial charge in [-0.2, -0.15) is 11.8 Å². The first kappa shape index (κ1) is 16.4. The maximum atomic E-state index is 11.8. The van der Waals surface area contributed by atoms with Crippen LogP contribution in [0.4, 0.5) is 0 Å². The highest BCUT2D eigenvalue weighted by Crippen LogP contribution is 2.23. The molecule has 3 nitrogen and oxygen atoms in total. The zero-order valence-corrected chi connectivity index (χ0v) is 13.7. The van der Waals surface area contributed by atoms with Gasteiger partial charge in [-0.3, -0.25) is 9.69 Å². The average molecular weight is 306 g/mol. The number of amides is 1. The minimum atomic E-state index is 0.137. The van der Waals surface area contributed by atoms with Crippen LogP contribution in [0, 0.1) is 0 Å². The van der Waals surface area contributed by atoms with Gasteiger partial charge >= 0.3 is 0 Å². The summed E-state index contributed by atoms with van der Waals surface area (Å²) in [7, 11) is 0. The molecule has 1 aromatic carbocycles. The van der Waals surface area contributed by atoms with E-state index in [1.807, 2.05) is 6.26 Å². The molecule has 1 amide bonds. The van der Waals surface area contributed by atoms with Crippen LogP contribution < -0.4 is 5.32 Å². The molecule has 0 spiro atoms. The summed E-state index contributed by atoms with van der Waals surface area (Å²) in [5, 5.41) is 3.10. The fraction of sp³-hybridized carbons (Fsp3) is 0.588. The summed E-state index contributed by atoms with van der Waals surface area (Å²) < 4.78 is 0. The number of hydrogen-bond donors (Lipinski definition) is 1. The standard InChI is InChI=1S/C17H26N2OS/c1-21-14-17(20)18-13-16(15-9-5-4-6-10-15)19-11-7-2-3-8-12-19/h4-6,9-10,16H,2-3,7-8,11-14H2,1H3,(H,18,20)/t16-/m1/s1. The molecule has 1 N–H and O–H groups in total. The Morgan fingerprint density at radius 3 is 2.48 bits per heavy atom. The van der Waals surface area contributed by atoms with Crippen molar-refractivity contribution in [1.82, 2.24) is 10.2 Å². The van der Waals surface area contributed by atoms with Crippen LogP contribution in [-0.2, 0) is 4.79 Å². The van der Waals surface area contributed by atoms with Crippen LogP contribution in [0.15, 0.2) is 30.3 Å². The predicted molar refractivity (Wildman–Crippen MR) is 90.6 cm³/mol. The van der Waals surface area contributed by atoms with Gasteiger partial charge in [0.15, 0.2) is 0 Å². The van der Waals surface area contributed by atoms with Crippen LogP contribution in [0.25, 0.3) is 0 Å². The van der Waals surface area contributed by atoms with Crippen molar-refractivity contribution in [2.75, 3.05) is 31.6 Å². The number of likely N-dealkylation sites (tertiary alicyclic amines) is 1. The minimum Gasteiger partial charge on any atom is -0.353 e. The second kappa shape index (κ2) is 9.11. The van der Waals surface area contributed by atoms with Gasteiger partial charge in [0, 0.05) is 6.54 Å². The normalized spacial score (nSPS) is 18.0. The van der Waals surface area contributed by atoms with Crippen LogP contribution in [0.1, 0.15) is 37.3 Å². The van der Waals surface area contributed by atoms with Crippen LogP contribution >= 0.6 is 11.8 Å². The molecule has 4 heteroatoms. The summed E-state index contributed by atoms with van der Waals surface area (Å²) >= 11 is 1.57.